The van der Waals surface area contributed by atoms with E-state index in [0.717, 1.165) is 13.1 Å². The second kappa shape index (κ2) is 9.31. The van der Waals surface area contributed by atoms with Crippen LogP contribution in [0.15, 0.2) is 52.1 Å². The number of fused-ring (bicyclic) bond motifs is 1. The molecule has 8 heteroatoms. The van der Waals surface area contributed by atoms with Crippen LogP contribution >= 0.6 is 0 Å². The molecule has 1 fully saturated rings. The first-order chi connectivity index (χ1) is 15.7. The maximum atomic E-state index is 14.7. The van der Waals surface area contributed by atoms with Crippen molar-refractivity contribution in [1.82, 2.24) is 19.4 Å². The first kappa shape index (κ1) is 22.9. The molecule has 4 rings (SSSR count). The van der Waals surface area contributed by atoms with Crippen LogP contribution < -0.4 is 11.2 Å². The van der Waals surface area contributed by atoms with Gasteiger partial charge in [0.2, 0.25) is 0 Å². The Morgan fingerprint density at radius 3 is 2.64 bits per heavy atom. The number of aromatic amines is 1. The van der Waals surface area contributed by atoms with Gasteiger partial charge in [-0.3, -0.25) is 24.0 Å². The molecule has 1 saturated heterocycles. The minimum Gasteiger partial charge on any atom is -0.336 e. The number of carbonyl (C=O) groups is 1. The third kappa shape index (κ3) is 4.75. The molecule has 0 bridgehead atoms. The molecule has 33 heavy (non-hydrogen) atoms. The monoisotopic (exact) mass is 452 g/mol. The van der Waals surface area contributed by atoms with Crippen molar-refractivity contribution in [2.24, 2.45) is 5.92 Å². The van der Waals surface area contributed by atoms with Crippen molar-refractivity contribution >= 4 is 16.8 Å². The highest BCUT2D eigenvalue weighted by Crippen LogP contribution is 2.19. The molecule has 0 saturated carbocycles. The Balaban J connectivity index is 1.60. The number of benzene rings is 2. The molecular weight excluding hydrogens is 423 g/mol. The van der Waals surface area contributed by atoms with Gasteiger partial charge in [-0.15, -0.1) is 0 Å². The Morgan fingerprint density at radius 2 is 1.91 bits per heavy atom. The second-order valence-electron chi connectivity index (χ2n) is 9.17. The highest BCUT2D eigenvalue weighted by molar-refractivity contribution is 5.94. The number of amides is 1. The predicted octanol–water partition coefficient (Wildman–Crippen LogP) is 2.68. The molecule has 1 aliphatic heterocycles. The quantitative estimate of drug-likeness (QED) is 0.646. The van der Waals surface area contributed by atoms with Gasteiger partial charge >= 0.3 is 5.69 Å². The van der Waals surface area contributed by atoms with Crippen LogP contribution in [0.2, 0.25) is 0 Å². The normalized spacial score (nSPS) is 17.1. The van der Waals surface area contributed by atoms with Gasteiger partial charge in [0.1, 0.15) is 5.82 Å². The van der Waals surface area contributed by atoms with Crippen molar-refractivity contribution < 1.29 is 9.18 Å². The predicted molar refractivity (Wildman–Crippen MR) is 126 cm³/mol. The number of hydrogen-bond donors (Lipinski definition) is 1. The molecule has 1 unspecified atom stereocenters. The van der Waals surface area contributed by atoms with E-state index in [1.807, 2.05) is 0 Å². The topological polar surface area (TPSA) is 78.4 Å². The van der Waals surface area contributed by atoms with E-state index in [9.17, 15) is 18.8 Å². The summed E-state index contributed by atoms with van der Waals surface area (Å²) in [6.45, 7) is 9.34. The van der Waals surface area contributed by atoms with Crippen LogP contribution in [0.1, 0.15) is 36.7 Å². The van der Waals surface area contributed by atoms with Crippen molar-refractivity contribution in [3.8, 4) is 0 Å². The van der Waals surface area contributed by atoms with Gasteiger partial charge in [0, 0.05) is 32.2 Å². The molecule has 1 aliphatic rings. The van der Waals surface area contributed by atoms with Gasteiger partial charge in [-0.1, -0.05) is 32.0 Å². The summed E-state index contributed by atoms with van der Waals surface area (Å²) in [5.74, 6) is -0.389. The van der Waals surface area contributed by atoms with Crippen molar-refractivity contribution in [3.05, 3.63) is 80.2 Å². The number of carbonyl (C=O) groups excluding carboxylic acids is 1. The van der Waals surface area contributed by atoms with Crippen LogP contribution in [0.5, 0.6) is 0 Å². The smallest absolute Gasteiger partial charge is 0.329 e. The number of para-hydroxylation sites is 1. The van der Waals surface area contributed by atoms with Crippen LogP contribution in [-0.4, -0.2) is 57.5 Å². The molecule has 3 aromatic rings. The number of aromatic nitrogens is 2. The third-order valence-electron chi connectivity index (χ3n) is 6.16. The maximum absolute atomic E-state index is 14.7. The van der Waals surface area contributed by atoms with E-state index in [1.165, 1.54) is 16.7 Å². The largest absolute Gasteiger partial charge is 0.336 e. The summed E-state index contributed by atoms with van der Waals surface area (Å²) in [6, 6.07) is 11.3. The van der Waals surface area contributed by atoms with Gasteiger partial charge < -0.3 is 4.90 Å². The average molecular weight is 453 g/mol. The van der Waals surface area contributed by atoms with E-state index in [2.05, 4.69) is 30.7 Å². The number of nitrogens with one attached hydrogen (secondary N) is 1. The third-order valence-corrected chi connectivity index (χ3v) is 6.16. The van der Waals surface area contributed by atoms with Gasteiger partial charge in [-0.05, 0) is 42.7 Å². The zero-order valence-corrected chi connectivity index (χ0v) is 19.2. The van der Waals surface area contributed by atoms with Crippen molar-refractivity contribution in [2.75, 3.05) is 26.2 Å². The van der Waals surface area contributed by atoms with Crippen LogP contribution in [0.4, 0.5) is 4.39 Å². The summed E-state index contributed by atoms with van der Waals surface area (Å²) in [6.07, 6.45) is 0. The summed E-state index contributed by atoms with van der Waals surface area (Å²) < 4.78 is 16.1. The molecule has 0 aliphatic carbocycles. The molecule has 1 atom stereocenters. The summed E-state index contributed by atoms with van der Waals surface area (Å²) in [5, 5.41) is 0.392. The summed E-state index contributed by atoms with van der Waals surface area (Å²) in [7, 11) is 0. The lowest BCUT2D eigenvalue weighted by Crippen LogP contribution is -2.54. The standard InChI is InChI=1S/C25H29FN4O3/c1-16(2)13-28-10-11-29(14-17(28)3)24(32)20-12-18(8-9-21(20)26)15-30-22-7-5-4-6-19(22)23(31)27-25(30)33/h4-9,12,16-17H,10-11,13-15H2,1-3H3,(H,27,31,33). The van der Waals surface area contributed by atoms with Crippen molar-refractivity contribution in [3.63, 3.8) is 0 Å². The lowest BCUT2D eigenvalue weighted by molar-refractivity contribution is 0.0482. The Bertz CT molecular complexity index is 1300. The molecule has 7 nitrogen and oxygen atoms in total. The molecule has 0 spiro atoms. The van der Waals surface area contributed by atoms with E-state index in [0.29, 0.717) is 35.5 Å². The van der Waals surface area contributed by atoms with Crippen molar-refractivity contribution in [2.45, 2.75) is 33.4 Å². The number of rotatable bonds is 5. The van der Waals surface area contributed by atoms with Gasteiger partial charge in [0.25, 0.3) is 11.5 Å². The summed E-state index contributed by atoms with van der Waals surface area (Å²) in [5.41, 5.74) is 0.0847. The average Bonchev–Trinajstić information content (AvgIpc) is 2.78. The number of halogens is 1. The maximum Gasteiger partial charge on any atom is 0.329 e. The molecule has 0 radical (unpaired) electrons. The van der Waals surface area contributed by atoms with E-state index in [-0.39, 0.29) is 24.1 Å². The van der Waals surface area contributed by atoms with E-state index in [1.54, 1.807) is 35.2 Å². The number of piperazine rings is 1. The second-order valence-corrected chi connectivity index (χ2v) is 9.17. The van der Waals surface area contributed by atoms with E-state index < -0.39 is 17.1 Å². The lowest BCUT2D eigenvalue weighted by Gasteiger charge is -2.40. The van der Waals surface area contributed by atoms with Crippen LogP contribution in [0.3, 0.4) is 0 Å². The van der Waals surface area contributed by atoms with Crippen LogP contribution in [-0.2, 0) is 6.54 Å². The first-order valence-electron chi connectivity index (χ1n) is 11.3. The molecule has 174 valence electrons. The fraction of sp³-hybridized carbons (Fsp3) is 0.400. The molecule has 1 aromatic heterocycles. The summed E-state index contributed by atoms with van der Waals surface area (Å²) in [4.78, 5) is 44.1. The van der Waals surface area contributed by atoms with Gasteiger partial charge in [-0.2, -0.15) is 0 Å². The molecule has 1 amide bonds. The zero-order valence-electron chi connectivity index (χ0n) is 19.2. The SMILES string of the molecule is CC(C)CN1CCN(C(=O)c2cc(Cn3c(=O)[nH]c(=O)c4ccccc43)ccc2F)CC1C. The van der Waals surface area contributed by atoms with E-state index >= 15 is 0 Å². The molecular formula is C25H29FN4O3. The lowest BCUT2D eigenvalue weighted by atomic mass is 10.1. The summed E-state index contributed by atoms with van der Waals surface area (Å²) >= 11 is 0. The molecule has 2 aromatic carbocycles. The number of nitrogens with zero attached hydrogens (tertiary/aromatic N) is 3. The zero-order chi connectivity index (χ0) is 23.7. The number of hydrogen-bond acceptors (Lipinski definition) is 4. The van der Waals surface area contributed by atoms with Gasteiger partial charge in [-0.25, -0.2) is 9.18 Å². The van der Waals surface area contributed by atoms with Crippen molar-refractivity contribution in [1.29, 1.82) is 0 Å². The fourth-order valence-corrected chi connectivity index (χ4v) is 4.51. The van der Waals surface area contributed by atoms with Crippen LogP contribution in [0, 0.1) is 11.7 Å². The highest BCUT2D eigenvalue weighted by Gasteiger charge is 2.29. The fourth-order valence-electron chi connectivity index (χ4n) is 4.51. The Hall–Kier alpha value is -3.26. The number of H-pyrrole nitrogens is 1. The van der Waals surface area contributed by atoms with Gasteiger partial charge in [0.05, 0.1) is 23.0 Å². The van der Waals surface area contributed by atoms with Gasteiger partial charge in [0.15, 0.2) is 0 Å². The molecule has 1 N–H and O–H groups in total. The minimum atomic E-state index is -0.584. The molecule has 2 heterocycles. The Morgan fingerprint density at radius 1 is 1.15 bits per heavy atom. The Labute approximate surface area is 191 Å². The first-order valence-corrected chi connectivity index (χ1v) is 11.3. The van der Waals surface area contributed by atoms with Crippen LogP contribution in [0.25, 0.3) is 10.9 Å². The van der Waals surface area contributed by atoms with E-state index in [4.69, 9.17) is 0 Å². The highest BCUT2D eigenvalue weighted by atomic mass is 19.1. The Kier molecular flexibility index (Phi) is 6.47. The minimum absolute atomic E-state index is 0.00112.